The molecule has 1 saturated heterocycles. The van der Waals surface area contributed by atoms with Gasteiger partial charge in [-0.3, -0.25) is 9.69 Å². The second-order valence-electron chi connectivity index (χ2n) is 6.66. The van der Waals surface area contributed by atoms with Crippen molar-refractivity contribution < 1.29 is 14.1 Å². The number of ether oxygens (including phenoxy) is 1. The highest BCUT2D eigenvalue weighted by molar-refractivity contribution is 5.95. The summed E-state index contributed by atoms with van der Waals surface area (Å²) in [5.74, 6) is 1.43. The van der Waals surface area contributed by atoms with E-state index in [4.69, 9.17) is 9.26 Å². The Morgan fingerprint density at radius 1 is 1.32 bits per heavy atom. The molecule has 2 aromatic rings. The molecule has 1 atom stereocenters. The number of hydrogen-bond donors (Lipinski definition) is 0. The molecule has 2 aliphatic heterocycles. The molecule has 0 bridgehead atoms. The second kappa shape index (κ2) is 6.57. The van der Waals surface area contributed by atoms with Crippen LogP contribution in [0.1, 0.15) is 35.3 Å². The SMILES string of the molecule is Cc1noc(C2COCCN2Cc2ccc3c(c2)CCC(=O)N3C)n1. The van der Waals surface area contributed by atoms with Gasteiger partial charge in [0.05, 0.1) is 13.2 Å². The average molecular weight is 342 g/mol. The number of nitrogens with zero attached hydrogens (tertiary/aromatic N) is 4. The van der Waals surface area contributed by atoms with Crippen LogP contribution in [0.25, 0.3) is 0 Å². The molecule has 1 amide bonds. The molecule has 0 saturated carbocycles. The Morgan fingerprint density at radius 3 is 3.00 bits per heavy atom. The summed E-state index contributed by atoms with van der Waals surface area (Å²) in [5.41, 5.74) is 3.48. The van der Waals surface area contributed by atoms with E-state index in [1.54, 1.807) is 4.90 Å². The first-order chi connectivity index (χ1) is 12.1. The minimum atomic E-state index is -0.0183. The molecule has 3 heterocycles. The molecule has 1 aromatic heterocycles. The lowest BCUT2D eigenvalue weighted by atomic mass is 9.98. The van der Waals surface area contributed by atoms with E-state index < -0.39 is 0 Å². The van der Waals surface area contributed by atoms with Crippen molar-refractivity contribution in [2.24, 2.45) is 0 Å². The van der Waals surface area contributed by atoms with Gasteiger partial charge >= 0.3 is 0 Å². The highest BCUT2D eigenvalue weighted by Crippen LogP contribution is 2.30. The molecule has 1 unspecified atom stereocenters. The van der Waals surface area contributed by atoms with Crippen LogP contribution in [-0.4, -0.2) is 47.8 Å². The fourth-order valence-electron chi connectivity index (χ4n) is 3.55. The van der Waals surface area contributed by atoms with Crippen LogP contribution >= 0.6 is 0 Å². The fraction of sp³-hybridized carbons (Fsp3) is 0.500. The molecule has 1 aromatic carbocycles. The van der Waals surface area contributed by atoms with Crippen LogP contribution in [0.4, 0.5) is 5.69 Å². The quantitative estimate of drug-likeness (QED) is 0.848. The summed E-state index contributed by atoms with van der Waals surface area (Å²) >= 11 is 0. The first-order valence-electron chi connectivity index (χ1n) is 8.62. The van der Waals surface area contributed by atoms with Gasteiger partial charge in [0, 0.05) is 32.2 Å². The molecule has 132 valence electrons. The summed E-state index contributed by atoms with van der Waals surface area (Å²) in [6.07, 6.45) is 1.39. The van der Waals surface area contributed by atoms with Crippen molar-refractivity contribution in [1.82, 2.24) is 15.0 Å². The molecule has 7 nitrogen and oxygen atoms in total. The highest BCUT2D eigenvalue weighted by Gasteiger charge is 2.29. The zero-order chi connectivity index (χ0) is 17.4. The van der Waals surface area contributed by atoms with Crippen LogP contribution in [-0.2, 0) is 22.5 Å². The lowest BCUT2D eigenvalue weighted by Crippen LogP contribution is -2.39. The molecule has 7 heteroatoms. The maximum Gasteiger partial charge on any atom is 0.246 e. The second-order valence-corrected chi connectivity index (χ2v) is 6.66. The molecular weight excluding hydrogens is 320 g/mol. The maximum atomic E-state index is 11.8. The van der Waals surface area contributed by atoms with Crippen molar-refractivity contribution in [2.75, 3.05) is 31.7 Å². The third kappa shape index (κ3) is 3.17. The van der Waals surface area contributed by atoms with Gasteiger partial charge < -0.3 is 14.2 Å². The Bertz CT molecular complexity index is 788. The van der Waals surface area contributed by atoms with Crippen LogP contribution in [0.2, 0.25) is 0 Å². The fourth-order valence-corrected chi connectivity index (χ4v) is 3.55. The number of fused-ring (bicyclic) bond motifs is 1. The number of carbonyl (C=O) groups excluding carboxylic acids is 1. The molecule has 0 N–H and O–H groups in total. The van der Waals surface area contributed by atoms with Crippen LogP contribution in [0.5, 0.6) is 0 Å². The smallest absolute Gasteiger partial charge is 0.246 e. The number of morpholine rings is 1. The summed E-state index contributed by atoms with van der Waals surface area (Å²) in [4.78, 5) is 20.3. The van der Waals surface area contributed by atoms with Gasteiger partial charge in [-0.25, -0.2) is 0 Å². The summed E-state index contributed by atoms with van der Waals surface area (Å²) in [6.45, 7) is 4.69. The van der Waals surface area contributed by atoms with E-state index in [0.717, 1.165) is 25.2 Å². The largest absolute Gasteiger partial charge is 0.378 e. The van der Waals surface area contributed by atoms with Gasteiger partial charge in [0.2, 0.25) is 11.8 Å². The summed E-state index contributed by atoms with van der Waals surface area (Å²) in [5, 5.41) is 3.90. The van der Waals surface area contributed by atoms with Gasteiger partial charge in [-0.05, 0) is 30.5 Å². The number of carbonyl (C=O) groups is 1. The van der Waals surface area contributed by atoms with E-state index in [9.17, 15) is 4.79 Å². The lowest BCUT2D eigenvalue weighted by molar-refractivity contribution is -0.118. The van der Waals surface area contributed by atoms with Crippen molar-refractivity contribution >= 4 is 11.6 Å². The number of aryl methyl sites for hydroxylation is 2. The van der Waals surface area contributed by atoms with Gasteiger partial charge in [0.15, 0.2) is 5.82 Å². The zero-order valence-corrected chi connectivity index (χ0v) is 14.6. The van der Waals surface area contributed by atoms with Crippen molar-refractivity contribution in [3.8, 4) is 0 Å². The van der Waals surface area contributed by atoms with Crippen LogP contribution in [0, 0.1) is 6.92 Å². The van der Waals surface area contributed by atoms with Gasteiger partial charge in [0.1, 0.15) is 6.04 Å². The highest BCUT2D eigenvalue weighted by atomic mass is 16.5. The predicted octanol–water partition coefficient (Wildman–Crippen LogP) is 1.86. The normalized spacial score (nSPS) is 21.4. The summed E-state index contributed by atoms with van der Waals surface area (Å²) in [6, 6.07) is 6.34. The lowest BCUT2D eigenvalue weighted by Gasteiger charge is -2.33. The third-order valence-electron chi connectivity index (χ3n) is 4.94. The van der Waals surface area contributed by atoms with Gasteiger partial charge in [-0.2, -0.15) is 4.98 Å². The summed E-state index contributed by atoms with van der Waals surface area (Å²) < 4.78 is 11.0. The van der Waals surface area contributed by atoms with E-state index >= 15 is 0 Å². The number of aromatic nitrogens is 2. The Morgan fingerprint density at radius 2 is 2.20 bits per heavy atom. The van der Waals surface area contributed by atoms with E-state index in [-0.39, 0.29) is 11.9 Å². The van der Waals surface area contributed by atoms with E-state index in [1.165, 1.54) is 11.1 Å². The van der Waals surface area contributed by atoms with Crippen LogP contribution in [0.15, 0.2) is 22.7 Å². The topological polar surface area (TPSA) is 71.7 Å². The molecule has 2 aliphatic rings. The average Bonchev–Trinajstić information content (AvgIpc) is 3.05. The predicted molar refractivity (Wildman–Crippen MR) is 91.2 cm³/mol. The minimum absolute atomic E-state index is 0.0183. The van der Waals surface area contributed by atoms with Crippen molar-refractivity contribution in [3.63, 3.8) is 0 Å². The molecule has 0 aliphatic carbocycles. The standard InChI is InChI=1S/C18H22N4O3/c1-12-19-18(25-20-12)16-11-24-8-7-22(16)10-13-3-5-15-14(9-13)4-6-17(23)21(15)2/h3,5,9,16H,4,6-8,10-11H2,1-2H3. The van der Waals surface area contributed by atoms with Crippen LogP contribution < -0.4 is 4.90 Å². The van der Waals surface area contributed by atoms with Gasteiger partial charge in [0.25, 0.3) is 0 Å². The molecular formula is C18H22N4O3. The monoisotopic (exact) mass is 342 g/mol. The van der Waals surface area contributed by atoms with Gasteiger partial charge in [-0.1, -0.05) is 17.3 Å². The number of anilines is 1. The zero-order valence-electron chi connectivity index (χ0n) is 14.6. The Labute approximate surface area is 146 Å². The first-order valence-corrected chi connectivity index (χ1v) is 8.62. The number of benzene rings is 1. The van der Waals surface area contributed by atoms with E-state index in [2.05, 4.69) is 27.2 Å². The van der Waals surface area contributed by atoms with E-state index in [1.807, 2.05) is 20.0 Å². The molecule has 0 radical (unpaired) electrons. The summed E-state index contributed by atoms with van der Waals surface area (Å²) in [7, 11) is 1.84. The number of hydrogen-bond acceptors (Lipinski definition) is 6. The molecule has 25 heavy (non-hydrogen) atoms. The maximum absolute atomic E-state index is 11.8. The third-order valence-corrected chi connectivity index (χ3v) is 4.94. The Hall–Kier alpha value is -2.25. The number of amides is 1. The first kappa shape index (κ1) is 16.2. The van der Waals surface area contributed by atoms with E-state index in [0.29, 0.717) is 31.3 Å². The number of rotatable bonds is 3. The minimum Gasteiger partial charge on any atom is -0.378 e. The van der Waals surface area contributed by atoms with Crippen LogP contribution in [0.3, 0.4) is 0 Å². The van der Waals surface area contributed by atoms with Crippen molar-refractivity contribution in [1.29, 1.82) is 0 Å². The van der Waals surface area contributed by atoms with Gasteiger partial charge in [-0.15, -0.1) is 0 Å². The Balaban J connectivity index is 1.55. The molecule has 4 rings (SSSR count). The van der Waals surface area contributed by atoms with Crippen molar-refractivity contribution in [2.45, 2.75) is 32.4 Å². The van der Waals surface area contributed by atoms with Crippen molar-refractivity contribution in [3.05, 3.63) is 41.0 Å². The molecule has 1 fully saturated rings. The Kier molecular flexibility index (Phi) is 4.27. The molecule has 0 spiro atoms.